The molecular weight excluding hydrogens is 532 g/mol. The first-order valence-corrected chi connectivity index (χ1v) is 15.7. The number of carbonyl (C=O) groups is 1. The van der Waals surface area contributed by atoms with Crippen molar-refractivity contribution < 1.29 is 21.6 Å². The fourth-order valence-corrected chi connectivity index (χ4v) is 7.18. The second-order valence-electron chi connectivity index (χ2n) is 8.60. The molecule has 0 radical (unpaired) electrons. The fraction of sp³-hybridized carbons (Fsp3) is 0.280. The highest BCUT2D eigenvalue weighted by molar-refractivity contribution is 7.90. The van der Waals surface area contributed by atoms with Crippen LogP contribution in [0.25, 0.3) is 10.2 Å². The van der Waals surface area contributed by atoms with Crippen LogP contribution in [0.5, 0.6) is 0 Å². The average molecular weight is 561 g/mol. The lowest BCUT2D eigenvalue weighted by molar-refractivity contribution is 0.0746. The van der Waals surface area contributed by atoms with Crippen molar-refractivity contribution in [3.05, 3.63) is 73.3 Å². The Balaban J connectivity index is 1.42. The normalized spacial score (nSPS) is 14.8. The van der Waals surface area contributed by atoms with Gasteiger partial charge in [-0.25, -0.2) is 21.8 Å². The molecule has 0 N–H and O–H groups in total. The molecule has 0 saturated carbocycles. The topological polar surface area (TPSA) is 108 Å². The number of nitrogens with zero attached hydrogens (tertiary/aromatic N) is 4. The molecule has 37 heavy (non-hydrogen) atoms. The van der Waals surface area contributed by atoms with E-state index in [0.717, 1.165) is 15.3 Å². The van der Waals surface area contributed by atoms with E-state index >= 15 is 0 Å². The Morgan fingerprint density at radius 1 is 0.973 bits per heavy atom. The van der Waals surface area contributed by atoms with Crippen molar-refractivity contribution in [1.29, 1.82) is 0 Å². The minimum Gasteiger partial charge on any atom is -0.345 e. The number of hydrogen-bond donors (Lipinski definition) is 0. The van der Waals surface area contributed by atoms with Crippen LogP contribution in [0.3, 0.4) is 0 Å². The Morgan fingerprint density at radius 3 is 2.14 bits per heavy atom. The number of amides is 1. The van der Waals surface area contributed by atoms with Gasteiger partial charge in [0.15, 0.2) is 15.0 Å². The summed E-state index contributed by atoms with van der Waals surface area (Å²) in [6, 6.07) is 10.9. The fourth-order valence-electron chi connectivity index (χ4n) is 4.02. The minimum absolute atomic E-state index is 0.104. The first-order chi connectivity index (χ1) is 17.5. The summed E-state index contributed by atoms with van der Waals surface area (Å²) in [6.07, 6.45) is 4.21. The number of benzene rings is 2. The second kappa shape index (κ2) is 10.7. The van der Waals surface area contributed by atoms with Crippen molar-refractivity contribution in [3.8, 4) is 0 Å². The third-order valence-electron chi connectivity index (χ3n) is 6.02. The van der Waals surface area contributed by atoms with Crippen LogP contribution in [-0.4, -0.2) is 82.5 Å². The largest absolute Gasteiger partial charge is 0.345 e. The SMILES string of the molecule is C=CCN(CC=C)S(=O)(=O)c1ccc(C(=O)N2CCN(c3nc4ccc(S(C)(=O)=O)cc4s3)CC2)cc1. The molecule has 12 heteroatoms. The molecule has 2 aromatic carbocycles. The summed E-state index contributed by atoms with van der Waals surface area (Å²) < 4.78 is 51.5. The van der Waals surface area contributed by atoms with Gasteiger partial charge in [0, 0.05) is 51.1 Å². The van der Waals surface area contributed by atoms with Crippen molar-refractivity contribution in [2.75, 3.05) is 50.4 Å². The van der Waals surface area contributed by atoms with E-state index in [9.17, 15) is 21.6 Å². The number of fused-ring (bicyclic) bond motifs is 1. The Morgan fingerprint density at radius 2 is 1.57 bits per heavy atom. The molecule has 0 unspecified atom stereocenters. The van der Waals surface area contributed by atoms with Crippen LogP contribution < -0.4 is 4.90 Å². The number of hydrogen-bond acceptors (Lipinski definition) is 8. The molecule has 1 aromatic heterocycles. The summed E-state index contributed by atoms with van der Waals surface area (Å²) in [5.74, 6) is -0.167. The van der Waals surface area contributed by atoms with Crippen LogP contribution in [0.2, 0.25) is 0 Å². The summed E-state index contributed by atoms with van der Waals surface area (Å²) in [5, 5.41) is 0.783. The first-order valence-electron chi connectivity index (χ1n) is 11.5. The Kier molecular flexibility index (Phi) is 7.83. The summed E-state index contributed by atoms with van der Waals surface area (Å²) in [4.78, 5) is 21.9. The number of rotatable bonds is 9. The third kappa shape index (κ3) is 5.77. The van der Waals surface area contributed by atoms with Crippen molar-refractivity contribution in [2.45, 2.75) is 9.79 Å². The number of thiazole rings is 1. The molecule has 1 amide bonds. The van der Waals surface area contributed by atoms with Crippen molar-refractivity contribution in [3.63, 3.8) is 0 Å². The Hall–Kier alpha value is -3.06. The van der Waals surface area contributed by atoms with Gasteiger partial charge in [0.25, 0.3) is 5.91 Å². The number of anilines is 1. The number of piperazine rings is 1. The highest BCUT2D eigenvalue weighted by atomic mass is 32.2. The number of carbonyl (C=O) groups excluding carboxylic acids is 1. The summed E-state index contributed by atoms with van der Waals surface area (Å²) in [6.45, 7) is 9.65. The number of sulfone groups is 1. The Labute approximate surface area is 221 Å². The molecule has 3 aromatic rings. The van der Waals surface area contributed by atoms with Crippen LogP contribution in [0.15, 0.2) is 77.6 Å². The van der Waals surface area contributed by atoms with Gasteiger partial charge >= 0.3 is 0 Å². The van der Waals surface area contributed by atoms with E-state index in [1.165, 1.54) is 58.3 Å². The second-order valence-corrected chi connectivity index (χ2v) is 13.6. The number of sulfonamides is 1. The molecule has 4 rings (SSSR count). The molecule has 0 bridgehead atoms. The van der Waals surface area contributed by atoms with E-state index in [2.05, 4.69) is 23.0 Å². The van der Waals surface area contributed by atoms with Gasteiger partial charge in [0.05, 0.1) is 20.0 Å². The van der Waals surface area contributed by atoms with Gasteiger partial charge in [0.1, 0.15) is 0 Å². The minimum atomic E-state index is -3.73. The molecule has 1 saturated heterocycles. The highest BCUT2D eigenvalue weighted by Gasteiger charge is 2.26. The van der Waals surface area contributed by atoms with Gasteiger partial charge in [-0.3, -0.25) is 4.79 Å². The van der Waals surface area contributed by atoms with Crippen LogP contribution in [0.1, 0.15) is 10.4 Å². The summed E-state index contributed by atoms with van der Waals surface area (Å²) in [7, 11) is -7.03. The molecule has 1 aliphatic heterocycles. The summed E-state index contributed by atoms with van der Waals surface area (Å²) in [5.41, 5.74) is 1.15. The van der Waals surface area contributed by atoms with Crippen LogP contribution in [-0.2, 0) is 19.9 Å². The standard InChI is InChI=1S/C25H28N4O5S3/c1-4-12-29(13-5-2)37(33,34)20-8-6-19(7-9-20)24(30)27-14-16-28(17-15-27)25-26-22-11-10-21(36(3,31)32)18-23(22)35-25/h4-11,18H,1-2,12-17H2,3H3. The average Bonchev–Trinajstić information content (AvgIpc) is 3.31. The quantitative estimate of drug-likeness (QED) is 0.370. The maximum absolute atomic E-state index is 13.1. The molecule has 1 fully saturated rings. The van der Waals surface area contributed by atoms with Crippen LogP contribution >= 0.6 is 11.3 Å². The predicted molar refractivity (Wildman–Crippen MR) is 146 cm³/mol. The van der Waals surface area contributed by atoms with E-state index in [-0.39, 0.29) is 28.8 Å². The number of aromatic nitrogens is 1. The maximum Gasteiger partial charge on any atom is 0.253 e. The van der Waals surface area contributed by atoms with Gasteiger partial charge in [-0.15, -0.1) is 13.2 Å². The van der Waals surface area contributed by atoms with Gasteiger partial charge in [-0.2, -0.15) is 4.31 Å². The van der Waals surface area contributed by atoms with E-state index in [1.807, 2.05) is 0 Å². The first kappa shape index (κ1) is 27.0. The van der Waals surface area contributed by atoms with Gasteiger partial charge < -0.3 is 9.80 Å². The molecule has 196 valence electrons. The van der Waals surface area contributed by atoms with Crippen molar-refractivity contribution in [2.24, 2.45) is 0 Å². The van der Waals surface area contributed by atoms with Crippen molar-refractivity contribution in [1.82, 2.24) is 14.2 Å². The van der Waals surface area contributed by atoms with Crippen LogP contribution in [0, 0.1) is 0 Å². The molecular formula is C25H28N4O5S3. The maximum atomic E-state index is 13.1. The summed E-state index contributed by atoms with van der Waals surface area (Å²) >= 11 is 1.43. The highest BCUT2D eigenvalue weighted by Crippen LogP contribution is 2.31. The smallest absolute Gasteiger partial charge is 0.253 e. The molecule has 2 heterocycles. The zero-order valence-corrected chi connectivity index (χ0v) is 22.9. The van der Waals surface area contributed by atoms with Gasteiger partial charge in [0.2, 0.25) is 10.0 Å². The molecule has 1 aliphatic rings. The van der Waals surface area contributed by atoms with E-state index in [0.29, 0.717) is 31.7 Å². The zero-order chi connectivity index (χ0) is 26.8. The van der Waals surface area contributed by atoms with Gasteiger partial charge in [-0.05, 0) is 42.5 Å². The van der Waals surface area contributed by atoms with Crippen molar-refractivity contribution >= 4 is 52.5 Å². The molecule has 9 nitrogen and oxygen atoms in total. The third-order valence-corrected chi connectivity index (χ3v) is 10.1. The lowest BCUT2D eigenvalue weighted by Crippen LogP contribution is -2.48. The molecule has 0 spiro atoms. The van der Waals surface area contributed by atoms with Gasteiger partial charge in [-0.1, -0.05) is 23.5 Å². The van der Waals surface area contributed by atoms with E-state index in [4.69, 9.17) is 0 Å². The Bertz CT molecular complexity index is 1530. The monoisotopic (exact) mass is 560 g/mol. The van der Waals surface area contributed by atoms with E-state index in [1.54, 1.807) is 23.1 Å². The lowest BCUT2D eigenvalue weighted by Gasteiger charge is -2.34. The molecule has 0 aliphatic carbocycles. The predicted octanol–water partition coefficient (Wildman–Crippen LogP) is 3.02. The zero-order valence-electron chi connectivity index (χ0n) is 20.4. The van der Waals surface area contributed by atoms with Crippen LogP contribution in [0.4, 0.5) is 5.13 Å². The lowest BCUT2D eigenvalue weighted by atomic mass is 10.2. The van der Waals surface area contributed by atoms with E-state index < -0.39 is 19.9 Å². The molecule has 0 atom stereocenters.